The number of carbonyl (C=O) groups is 1. The molecule has 2 aromatic carbocycles. The van der Waals surface area contributed by atoms with Gasteiger partial charge in [0, 0.05) is 23.3 Å². The van der Waals surface area contributed by atoms with Crippen molar-refractivity contribution in [3.05, 3.63) is 94.8 Å². The molecule has 2 unspecified atom stereocenters. The van der Waals surface area contributed by atoms with Crippen molar-refractivity contribution in [2.45, 2.75) is 57.5 Å². The molecule has 4 heteroatoms. The van der Waals surface area contributed by atoms with Crippen molar-refractivity contribution in [3.8, 4) is 11.1 Å². The van der Waals surface area contributed by atoms with Crippen LogP contribution in [0.15, 0.2) is 66.7 Å². The Balaban J connectivity index is 1.22. The summed E-state index contributed by atoms with van der Waals surface area (Å²) in [5, 5.41) is 0. The van der Waals surface area contributed by atoms with Gasteiger partial charge in [-0.25, -0.2) is 4.79 Å². The first-order chi connectivity index (χ1) is 16.6. The number of ether oxygens (including phenoxy) is 1. The zero-order chi connectivity index (χ0) is 23.2. The van der Waals surface area contributed by atoms with E-state index < -0.39 is 0 Å². The first kappa shape index (κ1) is 21.2. The number of amides is 1. The highest BCUT2D eigenvalue weighted by Crippen LogP contribution is 2.45. The fourth-order valence-electron chi connectivity index (χ4n) is 6.22. The second-order valence-corrected chi connectivity index (χ2v) is 9.90. The van der Waals surface area contributed by atoms with Crippen LogP contribution in [0.1, 0.15) is 59.7 Å². The van der Waals surface area contributed by atoms with Gasteiger partial charge in [-0.05, 0) is 85.1 Å². The maximum atomic E-state index is 13.4. The molecule has 1 aliphatic carbocycles. The van der Waals surface area contributed by atoms with Gasteiger partial charge in [-0.1, -0.05) is 54.6 Å². The summed E-state index contributed by atoms with van der Waals surface area (Å²) >= 11 is 0. The van der Waals surface area contributed by atoms with Gasteiger partial charge < -0.3 is 4.74 Å². The van der Waals surface area contributed by atoms with Crippen molar-refractivity contribution in [2.75, 3.05) is 6.61 Å². The van der Waals surface area contributed by atoms with Crippen LogP contribution in [0.25, 0.3) is 16.7 Å². The number of rotatable bonds is 3. The van der Waals surface area contributed by atoms with E-state index in [9.17, 15) is 4.79 Å². The Hall–Kier alpha value is -3.40. The summed E-state index contributed by atoms with van der Waals surface area (Å²) in [7, 11) is 0. The molecule has 0 saturated carbocycles. The Labute approximate surface area is 201 Å². The first-order valence-electron chi connectivity index (χ1n) is 12.4. The monoisotopic (exact) mass is 450 g/mol. The number of piperidine rings is 1. The molecule has 6 rings (SSSR count). The minimum Gasteiger partial charge on any atom is -0.448 e. The Kier molecular flexibility index (Phi) is 5.24. The number of aryl methyl sites for hydroxylation is 2. The zero-order valence-electron chi connectivity index (χ0n) is 19.8. The van der Waals surface area contributed by atoms with Crippen molar-refractivity contribution in [2.24, 2.45) is 0 Å². The number of carbonyl (C=O) groups excluding carboxylic acids is 1. The van der Waals surface area contributed by atoms with Crippen molar-refractivity contribution >= 4 is 11.7 Å². The third kappa shape index (κ3) is 3.62. The Morgan fingerprint density at radius 1 is 0.971 bits per heavy atom. The van der Waals surface area contributed by atoms with Crippen LogP contribution in [0.3, 0.4) is 0 Å². The largest absolute Gasteiger partial charge is 0.448 e. The summed E-state index contributed by atoms with van der Waals surface area (Å²) in [6.45, 7) is 4.47. The Morgan fingerprint density at radius 3 is 2.26 bits per heavy atom. The second-order valence-electron chi connectivity index (χ2n) is 9.90. The van der Waals surface area contributed by atoms with E-state index in [0.717, 1.165) is 37.1 Å². The molecule has 1 fully saturated rings. The fraction of sp³-hybridized carbons (Fsp3) is 0.333. The molecule has 2 atom stereocenters. The molecule has 1 aromatic heterocycles. The summed E-state index contributed by atoms with van der Waals surface area (Å²) in [6, 6.07) is 21.6. The van der Waals surface area contributed by atoms with Crippen LogP contribution >= 0.6 is 0 Å². The van der Waals surface area contributed by atoms with Crippen LogP contribution in [-0.2, 0) is 4.74 Å². The molecule has 2 aliphatic heterocycles. The van der Waals surface area contributed by atoms with Crippen LogP contribution in [0.5, 0.6) is 0 Å². The number of pyridine rings is 1. The smallest absolute Gasteiger partial charge is 0.410 e. The molecular weight excluding hydrogens is 420 g/mol. The molecule has 4 nitrogen and oxygen atoms in total. The average molecular weight is 451 g/mol. The fourth-order valence-corrected chi connectivity index (χ4v) is 6.22. The molecule has 2 bridgehead atoms. The summed E-state index contributed by atoms with van der Waals surface area (Å²) in [5.74, 6) is 0.0925. The SMILES string of the molecule is Cc1cc(C2=CC3CCCC(C2)N3C(=O)OCC2c3ccccc3-c3ccccc32)cc(C)n1. The Morgan fingerprint density at radius 2 is 1.62 bits per heavy atom. The highest BCUT2D eigenvalue weighted by atomic mass is 16.6. The number of aromatic nitrogens is 1. The summed E-state index contributed by atoms with van der Waals surface area (Å²) in [4.78, 5) is 19.9. The predicted molar refractivity (Wildman–Crippen MR) is 135 cm³/mol. The van der Waals surface area contributed by atoms with Crippen molar-refractivity contribution in [3.63, 3.8) is 0 Å². The lowest BCUT2D eigenvalue weighted by molar-refractivity contribution is 0.0539. The maximum Gasteiger partial charge on any atom is 0.410 e. The highest BCUT2D eigenvalue weighted by molar-refractivity contribution is 5.79. The summed E-state index contributed by atoms with van der Waals surface area (Å²) in [6.07, 6.45) is 6.18. The molecule has 0 spiro atoms. The summed E-state index contributed by atoms with van der Waals surface area (Å²) in [5.41, 5.74) is 9.68. The maximum absolute atomic E-state index is 13.4. The van der Waals surface area contributed by atoms with Crippen LogP contribution in [0.4, 0.5) is 4.79 Å². The number of fused-ring (bicyclic) bond motifs is 5. The number of hydrogen-bond acceptors (Lipinski definition) is 3. The standard InChI is InChI=1S/C30H30N2O2/c1-19-14-21(15-20(2)31-19)22-16-23-8-7-9-24(17-22)32(23)30(33)34-18-29-27-12-5-3-10-25(27)26-11-4-6-13-28(26)29/h3-6,10-16,23-24,29H,7-9,17-18H2,1-2H3. The van der Waals surface area contributed by atoms with Gasteiger partial charge in [0.15, 0.2) is 0 Å². The van der Waals surface area contributed by atoms with Crippen LogP contribution < -0.4 is 0 Å². The molecule has 1 saturated heterocycles. The van der Waals surface area contributed by atoms with E-state index in [0.29, 0.717) is 6.61 Å². The van der Waals surface area contributed by atoms with E-state index in [-0.39, 0.29) is 24.1 Å². The zero-order valence-corrected chi connectivity index (χ0v) is 19.8. The molecular formula is C30H30N2O2. The minimum atomic E-state index is -0.172. The topological polar surface area (TPSA) is 42.4 Å². The number of hydrogen-bond donors (Lipinski definition) is 0. The van der Waals surface area contributed by atoms with Crippen molar-refractivity contribution in [1.29, 1.82) is 0 Å². The lowest BCUT2D eigenvalue weighted by Gasteiger charge is -2.44. The average Bonchev–Trinajstić information content (AvgIpc) is 3.15. The van der Waals surface area contributed by atoms with Gasteiger partial charge in [0.25, 0.3) is 0 Å². The lowest BCUT2D eigenvalue weighted by atomic mass is 9.83. The van der Waals surface area contributed by atoms with E-state index >= 15 is 0 Å². The van der Waals surface area contributed by atoms with Crippen LogP contribution in [-0.4, -0.2) is 34.7 Å². The lowest BCUT2D eigenvalue weighted by Crippen LogP contribution is -2.51. The third-order valence-corrected chi connectivity index (χ3v) is 7.64. The predicted octanol–water partition coefficient (Wildman–Crippen LogP) is 6.66. The molecule has 1 amide bonds. The van der Waals surface area contributed by atoms with E-state index in [1.807, 2.05) is 18.7 Å². The van der Waals surface area contributed by atoms with Gasteiger partial charge >= 0.3 is 6.09 Å². The van der Waals surface area contributed by atoms with Crippen LogP contribution in [0, 0.1) is 13.8 Å². The van der Waals surface area contributed by atoms with E-state index in [1.165, 1.54) is 33.4 Å². The van der Waals surface area contributed by atoms with Gasteiger partial charge in [0.1, 0.15) is 6.61 Å². The van der Waals surface area contributed by atoms with E-state index in [2.05, 4.69) is 71.7 Å². The molecule has 3 aromatic rings. The highest BCUT2D eigenvalue weighted by Gasteiger charge is 2.39. The van der Waals surface area contributed by atoms with Crippen molar-refractivity contribution < 1.29 is 9.53 Å². The molecule has 34 heavy (non-hydrogen) atoms. The molecule has 3 aliphatic rings. The molecule has 0 N–H and O–H groups in total. The molecule has 172 valence electrons. The second kappa shape index (κ2) is 8.43. The van der Waals surface area contributed by atoms with Gasteiger partial charge in [-0.3, -0.25) is 9.88 Å². The molecule has 3 heterocycles. The number of benzene rings is 2. The van der Waals surface area contributed by atoms with Gasteiger partial charge in [0.05, 0.1) is 6.04 Å². The van der Waals surface area contributed by atoms with Crippen LogP contribution in [0.2, 0.25) is 0 Å². The normalized spacial score (nSPS) is 21.0. The quantitative estimate of drug-likeness (QED) is 0.448. The van der Waals surface area contributed by atoms with Gasteiger partial charge in [0.2, 0.25) is 0 Å². The molecule has 0 radical (unpaired) electrons. The van der Waals surface area contributed by atoms with E-state index in [1.54, 1.807) is 0 Å². The third-order valence-electron chi connectivity index (χ3n) is 7.64. The first-order valence-corrected chi connectivity index (χ1v) is 12.4. The van der Waals surface area contributed by atoms with E-state index in [4.69, 9.17) is 4.74 Å². The van der Waals surface area contributed by atoms with Crippen molar-refractivity contribution in [1.82, 2.24) is 9.88 Å². The Bertz CT molecular complexity index is 1230. The van der Waals surface area contributed by atoms with Gasteiger partial charge in [-0.15, -0.1) is 0 Å². The van der Waals surface area contributed by atoms with Gasteiger partial charge in [-0.2, -0.15) is 0 Å². The number of nitrogens with zero attached hydrogens (tertiary/aromatic N) is 2. The summed E-state index contributed by atoms with van der Waals surface area (Å²) < 4.78 is 6.04. The minimum absolute atomic E-state index is 0.0925.